The van der Waals surface area contributed by atoms with E-state index in [9.17, 15) is 14.4 Å². The molecule has 1 aliphatic heterocycles. The molecule has 6 nitrogen and oxygen atoms in total. The third kappa shape index (κ3) is 2.74. The molecule has 0 aromatic carbocycles. The van der Waals surface area contributed by atoms with Gasteiger partial charge in [-0.1, -0.05) is 0 Å². The molecule has 2 heterocycles. The van der Waals surface area contributed by atoms with Crippen molar-refractivity contribution >= 4 is 29.1 Å². The van der Waals surface area contributed by atoms with Crippen molar-refractivity contribution < 1.29 is 19.5 Å². The van der Waals surface area contributed by atoms with Gasteiger partial charge in [0.25, 0.3) is 0 Å². The topological polar surface area (TPSA) is 86.7 Å². The molecule has 0 radical (unpaired) electrons. The SMILES string of the molecule is Cc1sc(C(=O)O)cc1CN1CC(=O)NC(=O)C1. The van der Waals surface area contributed by atoms with Gasteiger partial charge in [0.15, 0.2) is 0 Å². The van der Waals surface area contributed by atoms with Crippen LogP contribution in [0.1, 0.15) is 20.1 Å². The van der Waals surface area contributed by atoms with Gasteiger partial charge >= 0.3 is 5.97 Å². The number of carbonyl (C=O) groups is 3. The van der Waals surface area contributed by atoms with Gasteiger partial charge in [-0.05, 0) is 18.6 Å². The monoisotopic (exact) mass is 268 g/mol. The van der Waals surface area contributed by atoms with Crippen molar-refractivity contribution in [2.75, 3.05) is 13.1 Å². The minimum Gasteiger partial charge on any atom is -0.477 e. The van der Waals surface area contributed by atoms with E-state index in [4.69, 9.17) is 5.11 Å². The Balaban J connectivity index is 2.11. The number of thiophene rings is 1. The van der Waals surface area contributed by atoms with Crippen LogP contribution < -0.4 is 5.32 Å². The first kappa shape index (κ1) is 12.7. The highest BCUT2D eigenvalue weighted by molar-refractivity contribution is 7.14. The minimum absolute atomic E-state index is 0.156. The zero-order valence-electron chi connectivity index (χ0n) is 9.73. The first-order valence-corrected chi connectivity index (χ1v) is 6.15. The molecule has 96 valence electrons. The van der Waals surface area contributed by atoms with E-state index in [0.717, 1.165) is 10.4 Å². The summed E-state index contributed by atoms with van der Waals surface area (Å²) in [6.07, 6.45) is 0. The number of piperazine rings is 1. The predicted octanol–water partition coefficient (Wildman–Crippen LogP) is 0.213. The lowest BCUT2D eigenvalue weighted by Crippen LogP contribution is -2.50. The summed E-state index contributed by atoms with van der Waals surface area (Å²) in [7, 11) is 0. The zero-order valence-corrected chi connectivity index (χ0v) is 10.5. The maximum absolute atomic E-state index is 11.2. The van der Waals surface area contributed by atoms with Gasteiger partial charge < -0.3 is 5.11 Å². The first-order chi connectivity index (χ1) is 8.45. The molecule has 18 heavy (non-hydrogen) atoms. The Labute approximate surface area is 107 Å². The van der Waals surface area contributed by atoms with Crippen LogP contribution in [-0.4, -0.2) is 40.9 Å². The molecule has 0 bridgehead atoms. The number of hydrogen-bond acceptors (Lipinski definition) is 5. The second-order valence-corrected chi connectivity index (χ2v) is 5.37. The molecule has 0 saturated carbocycles. The molecule has 0 atom stereocenters. The fourth-order valence-electron chi connectivity index (χ4n) is 1.83. The van der Waals surface area contributed by atoms with Crippen LogP contribution in [0, 0.1) is 6.92 Å². The minimum atomic E-state index is -0.957. The molecule has 0 unspecified atom stereocenters. The van der Waals surface area contributed by atoms with Crippen LogP contribution in [0.25, 0.3) is 0 Å². The lowest BCUT2D eigenvalue weighted by atomic mass is 10.2. The van der Waals surface area contributed by atoms with Gasteiger partial charge in [-0.15, -0.1) is 11.3 Å². The van der Waals surface area contributed by atoms with Crippen molar-refractivity contribution in [3.8, 4) is 0 Å². The molecule has 1 aromatic heterocycles. The van der Waals surface area contributed by atoms with E-state index in [1.54, 1.807) is 11.0 Å². The second kappa shape index (κ2) is 4.87. The molecular formula is C11H12N2O4S. The number of rotatable bonds is 3. The van der Waals surface area contributed by atoms with Gasteiger partial charge in [0.05, 0.1) is 13.1 Å². The van der Waals surface area contributed by atoms with E-state index in [1.165, 1.54) is 11.3 Å². The number of carboxylic acids is 1. The number of carbonyl (C=O) groups excluding carboxylic acids is 2. The lowest BCUT2D eigenvalue weighted by Gasteiger charge is -2.24. The summed E-state index contributed by atoms with van der Waals surface area (Å²) in [6, 6.07) is 1.60. The normalized spacial score (nSPS) is 16.7. The van der Waals surface area contributed by atoms with Crippen LogP contribution in [0.2, 0.25) is 0 Å². The largest absolute Gasteiger partial charge is 0.477 e. The summed E-state index contributed by atoms with van der Waals surface area (Å²) in [4.78, 5) is 36.1. The average Bonchev–Trinajstić information content (AvgIpc) is 2.59. The summed E-state index contributed by atoms with van der Waals surface area (Å²) in [6.45, 7) is 2.56. The van der Waals surface area contributed by atoms with Crippen LogP contribution in [0.3, 0.4) is 0 Å². The fourth-order valence-corrected chi connectivity index (χ4v) is 2.70. The number of amides is 2. The standard InChI is InChI=1S/C11H12N2O4S/c1-6-7(2-8(18-6)11(16)17)3-13-4-9(14)12-10(15)5-13/h2H,3-5H2,1H3,(H,16,17)(H,12,14,15). The Morgan fingerprint density at radius 2 is 2.06 bits per heavy atom. The van der Waals surface area contributed by atoms with Crippen LogP contribution in [0.15, 0.2) is 6.07 Å². The lowest BCUT2D eigenvalue weighted by molar-refractivity contribution is -0.136. The molecule has 1 fully saturated rings. The predicted molar refractivity (Wildman–Crippen MR) is 64.4 cm³/mol. The number of nitrogens with zero attached hydrogens (tertiary/aromatic N) is 1. The smallest absolute Gasteiger partial charge is 0.345 e. The maximum atomic E-state index is 11.2. The van der Waals surface area contributed by atoms with Crippen molar-refractivity contribution in [3.63, 3.8) is 0 Å². The van der Waals surface area contributed by atoms with Crippen molar-refractivity contribution in [1.82, 2.24) is 10.2 Å². The molecule has 1 aromatic rings. The van der Waals surface area contributed by atoms with Gasteiger partial charge in [0, 0.05) is 11.4 Å². The van der Waals surface area contributed by atoms with Crippen LogP contribution in [0.4, 0.5) is 0 Å². The highest BCUT2D eigenvalue weighted by Gasteiger charge is 2.23. The molecule has 7 heteroatoms. The molecular weight excluding hydrogens is 256 g/mol. The highest BCUT2D eigenvalue weighted by atomic mass is 32.1. The fraction of sp³-hybridized carbons (Fsp3) is 0.364. The van der Waals surface area contributed by atoms with Gasteiger partial charge in [-0.3, -0.25) is 19.8 Å². The Morgan fingerprint density at radius 1 is 1.44 bits per heavy atom. The summed E-state index contributed by atoms with van der Waals surface area (Å²) in [5, 5.41) is 11.1. The summed E-state index contributed by atoms with van der Waals surface area (Å²) in [5.74, 6) is -1.60. The Hall–Kier alpha value is -1.73. The number of hydrogen-bond donors (Lipinski definition) is 2. The van der Waals surface area contributed by atoms with E-state index in [2.05, 4.69) is 5.32 Å². The summed E-state index contributed by atoms with van der Waals surface area (Å²) >= 11 is 1.20. The quantitative estimate of drug-likeness (QED) is 0.765. The van der Waals surface area contributed by atoms with E-state index in [0.29, 0.717) is 6.54 Å². The summed E-state index contributed by atoms with van der Waals surface area (Å²) < 4.78 is 0. The van der Waals surface area contributed by atoms with Crippen molar-refractivity contribution in [3.05, 3.63) is 21.4 Å². The van der Waals surface area contributed by atoms with E-state index < -0.39 is 5.97 Å². The number of carboxylic acid groups (broad SMARTS) is 1. The van der Waals surface area contributed by atoms with Crippen molar-refractivity contribution in [1.29, 1.82) is 0 Å². The summed E-state index contributed by atoms with van der Waals surface area (Å²) in [5.41, 5.74) is 0.847. The Morgan fingerprint density at radius 3 is 2.56 bits per heavy atom. The maximum Gasteiger partial charge on any atom is 0.345 e. The van der Waals surface area contributed by atoms with E-state index in [-0.39, 0.29) is 29.8 Å². The molecule has 2 N–H and O–H groups in total. The van der Waals surface area contributed by atoms with Gasteiger partial charge in [0.1, 0.15) is 4.88 Å². The highest BCUT2D eigenvalue weighted by Crippen LogP contribution is 2.23. The third-order valence-corrected chi connectivity index (χ3v) is 3.72. The number of aryl methyl sites for hydroxylation is 1. The molecule has 0 aliphatic carbocycles. The number of nitrogens with one attached hydrogen (secondary N) is 1. The van der Waals surface area contributed by atoms with Crippen molar-refractivity contribution in [2.45, 2.75) is 13.5 Å². The van der Waals surface area contributed by atoms with Crippen LogP contribution >= 0.6 is 11.3 Å². The van der Waals surface area contributed by atoms with Crippen molar-refractivity contribution in [2.24, 2.45) is 0 Å². The third-order valence-electron chi connectivity index (χ3n) is 2.64. The molecule has 1 aliphatic rings. The number of imide groups is 1. The Bertz CT molecular complexity index is 507. The average molecular weight is 268 g/mol. The van der Waals surface area contributed by atoms with Crippen LogP contribution in [0.5, 0.6) is 0 Å². The molecule has 1 saturated heterocycles. The van der Waals surface area contributed by atoms with Gasteiger partial charge in [-0.2, -0.15) is 0 Å². The second-order valence-electron chi connectivity index (χ2n) is 4.11. The number of aromatic carboxylic acids is 1. The molecule has 2 amide bonds. The van der Waals surface area contributed by atoms with Gasteiger partial charge in [-0.25, -0.2) is 4.79 Å². The van der Waals surface area contributed by atoms with E-state index in [1.807, 2.05) is 6.92 Å². The zero-order chi connectivity index (χ0) is 13.3. The Kier molecular flexibility index (Phi) is 3.44. The first-order valence-electron chi connectivity index (χ1n) is 5.33. The van der Waals surface area contributed by atoms with E-state index >= 15 is 0 Å². The van der Waals surface area contributed by atoms with Gasteiger partial charge in [0.2, 0.25) is 11.8 Å². The molecule has 0 spiro atoms. The van der Waals surface area contributed by atoms with Crippen LogP contribution in [-0.2, 0) is 16.1 Å². The molecule has 2 rings (SSSR count).